The molecule has 0 aromatic carbocycles. The summed E-state index contributed by atoms with van der Waals surface area (Å²) in [6, 6.07) is 3.19. The molecule has 0 saturated carbocycles. The number of rotatable bonds is 2. The molecule has 8 nitrogen and oxygen atoms in total. The third-order valence-corrected chi connectivity index (χ3v) is 3.41. The summed E-state index contributed by atoms with van der Waals surface area (Å²) in [6.07, 6.45) is 1.89. The van der Waals surface area contributed by atoms with E-state index in [1.54, 1.807) is 21.9 Å². The summed E-state index contributed by atoms with van der Waals surface area (Å²) in [7, 11) is 2.89. The second-order valence-corrected chi connectivity index (χ2v) is 4.82. The maximum absolute atomic E-state index is 12.2. The Morgan fingerprint density at radius 1 is 1.14 bits per heavy atom. The predicted molar refractivity (Wildman–Crippen MR) is 80.0 cm³/mol. The Hall–Kier alpha value is -2.51. The van der Waals surface area contributed by atoms with Gasteiger partial charge in [0.25, 0.3) is 0 Å². The molecule has 0 spiro atoms. The van der Waals surface area contributed by atoms with Crippen molar-refractivity contribution < 1.29 is 19.1 Å². The fourth-order valence-electron chi connectivity index (χ4n) is 2.21. The van der Waals surface area contributed by atoms with Crippen LogP contribution in [0.5, 0.6) is 5.88 Å². The molecule has 22 heavy (non-hydrogen) atoms. The van der Waals surface area contributed by atoms with E-state index >= 15 is 0 Å². The Morgan fingerprint density at radius 2 is 1.86 bits per heavy atom. The Balaban J connectivity index is 1.90. The van der Waals surface area contributed by atoms with Gasteiger partial charge in [-0.3, -0.25) is 0 Å². The first-order valence-electron chi connectivity index (χ1n) is 7.03. The van der Waals surface area contributed by atoms with Crippen LogP contribution in [0, 0.1) is 0 Å². The normalized spacial score (nSPS) is 15.0. The largest absolute Gasteiger partial charge is 0.481 e. The van der Waals surface area contributed by atoms with E-state index in [1.165, 1.54) is 20.4 Å². The average Bonchev–Trinajstić information content (AvgIpc) is 2.81. The van der Waals surface area contributed by atoms with Crippen LogP contribution in [-0.2, 0) is 4.74 Å². The Morgan fingerprint density at radius 3 is 2.50 bits per heavy atom. The molecule has 1 N–H and O–H groups in total. The van der Waals surface area contributed by atoms with Crippen LogP contribution in [0.1, 0.15) is 6.42 Å². The molecule has 1 saturated heterocycles. The quantitative estimate of drug-likeness (QED) is 0.892. The van der Waals surface area contributed by atoms with E-state index in [1.807, 2.05) is 0 Å². The van der Waals surface area contributed by atoms with Crippen LogP contribution < -0.4 is 10.1 Å². The summed E-state index contributed by atoms with van der Waals surface area (Å²) in [5.41, 5.74) is 0.597. The van der Waals surface area contributed by atoms with Gasteiger partial charge in [0, 0.05) is 32.2 Å². The molecule has 3 amide bonds. The number of anilines is 1. The van der Waals surface area contributed by atoms with Gasteiger partial charge in [-0.15, -0.1) is 0 Å². The van der Waals surface area contributed by atoms with E-state index in [2.05, 4.69) is 10.3 Å². The maximum atomic E-state index is 12.2. The number of carbonyl (C=O) groups is 2. The van der Waals surface area contributed by atoms with Crippen LogP contribution >= 0.6 is 0 Å². The van der Waals surface area contributed by atoms with Crippen molar-refractivity contribution in [3.63, 3.8) is 0 Å². The van der Waals surface area contributed by atoms with Gasteiger partial charge in [-0.1, -0.05) is 0 Å². The number of nitrogens with one attached hydrogen (secondary N) is 1. The number of hydrogen-bond acceptors (Lipinski definition) is 5. The van der Waals surface area contributed by atoms with Gasteiger partial charge < -0.3 is 24.6 Å². The molecule has 0 bridgehead atoms. The van der Waals surface area contributed by atoms with Crippen LogP contribution in [0.2, 0.25) is 0 Å². The molecule has 0 aliphatic carbocycles. The molecule has 0 radical (unpaired) electrons. The van der Waals surface area contributed by atoms with Gasteiger partial charge in [0.05, 0.1) is 26.1 Å². The first-order chi connectivity index (χ1) is 10.6. The highest BCUT2D eigenvalue weighted by Gasteiger charge is 2.22. The molecule has 0 unspecified atom stereocenters. The second kappa shape index (κ2) is 7.48. The molecule has 2 heterocycles. The van der Waals surface area contributed by atoms with Crippen molar-refractivity contribution in [1.82, 2.24) is 14.8 Å². The summed E-state index contributed by atoms with van der Waals surface area (Å²) in [6.45, 7) is 2.09. The molecule has 0 atom stereocenters. The minimum absolute atomic E-state index is 0.210. The fourth-order valence-corrected chi connectivity index (χ4v) is 2.21. The van der Waals surface area contributed by atoms with Crippen LogP contribution in [0.15, 0.2) is 18.3 Å². The topological polar surface area (TPSA) is 84.0 Å². The molecule has 1 aromatic rings. The third-order valence-electron chi connectivity index (χ3n) is 3.41. The lowest BCUT2D eigenvalue weighted by Crippen LogP contribution is -2.39. The molecule has 2 rings (SSSR count). The standard InChI is InChI=1S/C14H20N4O4/c1-21-12-5-4-11(10-15-12)16-13(19)17-6-3-7-18(9-8-17)14(20)22-2/h4-5,10H,3,6-9H2,1-2H3,(H,16,19). The van der Waals surface area contributed by atoms with Crippen molar-refractivity contribution in [2.75, 3.05) is 45.7 Å². The zero-order valence-electron chi connectivity index (χ0n) is 12.7. The predicted octanol–water partition coefficient (Wildman–Crippen LogP) is 1.40. The molecule has 1 aromatic heterocycles. The molecule has 1 aliphatic rings. The van der Waals surface area contributed by atoms with E-state index in [-0.39, 0.29) is 12.1 Å². The Labute approximate surface area is 129 Å². The van der Waals surface area contributed by atoms with E-state index in [9.17, 15) is 9.59 Å². The molecule has 120 valence electrons. The highest BCUT2D eigenvalue weighted by Crippen LogP contribution is 2.12. The zero-order chi connectivity index (χ0) is 15.9. The summed E-state index contributed by atoms with van der Waals surface area (Å²) < 4.78 is 9.67. The van der Waals surface area contributed by atoms with Crippen molar-refractivity contribution in [2.45, 2.75) is 6.42 Å². The van der Waals surface area contributed by atoms with Crippen molar-refractivity contribution in [3.8, 4) is 5.88 Å². The highest BCUT2D eigenvalue weighted by atomic mass is 16.5. The summed E-state index contributed by atoms with van der Waals surface area (Å²) in [4.78, 5) is 31.1. The van der Waals surface area contributed by atoms with Crippen molar-refractivity contribution in [3.05, 3.63) is 18.3 Å². The smallest absolute Gasteiger partial charge is 0.409 e. The first kappa shape index (κ1) is 15.9. The SMILES string of the molecule is COC(=O)N1CCCN(C(=O)Nc2ccc(OC)nc2)CC1. The highest BCUT2D eigenvalue weighted by molar-refractivity contribution is 5.89. The van der Waals surface area contributed by atoms with Crippen molar-refractivity contribution in [2.24, 2.45) is 0 Å². The number of methoxy groups -OCH3 is 2. The maximum Gasteiger partial charge on any atom is 0.409 e. The number of nitrogens with zero attached hydrogens (tertiary/aromatic N) is 3. The number of carbonyl (C=O) groups excluding carboxylic acids is 2. The van der Waals surface area contributed by atoms with E-state index in [0.717, 1.165) is 0 Å². The first-order valence-corrected chi connectivity index (χ1v) is 7.03. The lowest BCUT2D eigenvalue weighted by molar-refractivity contribution is 0.125. The van der Waals surface area contributed by atoms with Crippen LogP contribution in [0.4, 0.5) is 15.3 Å². The molecule has 1 aliphatic heterocycles. The Kier molecular flexibility index (Phi) is 5.40. The lowest BCUT2D eigenvalue weighted by Gasteiger charge is -2.21. The van der Waals surface area contributed by atoms with Gasteiger partial charge in [0.1, 0.15) is 0 Å². The number of urea groups is 1. The van der Waals surface area contributed by atoms with E-state index in [0.29, 0.717) is 44.2 Å². The zero-order valence-corrected chi connectivity index (χ0v) is 12.7. The second-order valence-electron chi connectivity index (χ2n) is 4.82. The number of aromatic nitrogens is 1. The summed E-state index contributed by atoms with van der Waals surface area (Å²) >= 11 is 0. The van der Waals surface area contributed by atoms with E-state index in [4.69, 9.17) is 9.47 Å². The minimum Gasteiger partial charge on any atom is -0.481 e. The van der Waals surface area contributed by atoms with Gasteiger partial charge in [0.2, 0.25) is 5.88 Å². The number of ether oxygens (including phenoxy) is 2. The van der Waals surface area contributed by atoms with Crippen LogP contribution in [0.3, 0.4) is 0 Å². The average molecular weight is 308 g/mol. The van der Waals surface area contributed by atoms with Crippen molar-refractivity contribution >= 4 is 17.8 Å². The summed E-state index contributed by atoms with van der Waals surface area (Å²) in [5, 5.41) is 2.78. The van der Waals surface area contributed by atoms with Gasteiger partial charge >= 0.3 is 12.1 Å². The summed E-state index contributed by atoms with van der Waals surface area (Å²) in [5.74, 6) is 0.487. The number of hydrogen-bond donors (Lipinski definition) is 1. The number of amides is 3. The molecule has 1 fully saturated rings. The monoisotopic (exact) mass is 308 g/mol. The van der Waals surface area contributed by atoms with Gasteiger partial charge in [-0.05, 0) is 12.5 Å². The number of pyridine rings is 1. The van der Waals surface area contributed by atoms with Gasteiger partial charge in [-0.2, -0.15) is 0 Å². The molecule has 8 heteroatoms. The molecular weight excluding hydrogens is 288 g/mol. The Bertz CT molecular complexity index is 520. The van der Waals surface area contributed by atoms with Crippen LogP contribution in [0.25, 0.3) is 0 Å². The van der Waals surface area contributed by atoms with Gasteiger partial charge in [0.15, 0.2) is 0 Å². The molecular formula is C14H20N4O4. The van der Waals surface area contributed by atoms with Gasteiger partial charge in [-0.25, -0.2) is 14.6 Å². The van der Waals surface area contributed by atoms with Crippen LogP contribution in [-0.4, -0.2) is 67.3 Å². The fraction of sp³-hybridized carbons (Fsp3) is 0.500. The minimum atomic E-state index is -0.360. The third kappa shape index (κ3) is 4.00. The lowest BCUT2D eigenvalue weighted by atomic mass is 10.4. The van der Waals surface area contributed by atoms with Crippen molar-refractivity contribution in [1.29, 1.82) is 0 Å². The van der Waals surface area contributed by atoms with E-state index < -0.39 is 0 Å².